The molecule has 32 heavy (non-hydrogen) atoms. The van der Waals surface area contributed by atoms with Crippen molar-refractivity contribution in [3.63, 3.8) is 0 Å². The zero-order chi connectivity index (χ0) is 23.0. The molecule has 4 rings (SSSR count). The van der Waals surface area contributed by atoms with Crippen LogP contribution in [0.4, 0.5) is 19.0 Å². The Morgan fingerprint density at radius 1 is 0.969 bits per heavy atom. The number of alkyl halides is 3. The largest absolute Gasteiger partial charge is 0.417 e. The van der Waals surface area contributed by atoms with Crippen LogP contribution in [0.25, 0.3) is 5.82 Å². The third-order valence-electron chi connectivity index (χ3n) is 5.38. The van der Waals surface area contributed by atoms with Gasteiger partial charge in [0.1, 0.15) is 11.6 Å². The first-order valence-corrected chi connectivity index (χ1v) is 10.1. The molecule has 0 spiro atoms. The van der Waals surface area contributed by atoms with Crippen LogP contribution in [-0.4, -0.2) is 61.7 Å². The average molecular weight is 445 g/mol. The summed E-state index contributed by atoms with van der Waals surface area (Å²) in [7, 11) is 0. The molecule has 0 unspecified atom stereocenters. The van der Waals surface area contributed by atoms with Crippen molar-refractivity contribution in [3.8, 4) is 5.82 Å². The topological polar surface area (TPSA) is 80.0 Å². The lowest BCUT2D eigenvalue weighted by atomic mass is 10.2. The Hall–Kier alpha value is -3.50. The quantitative estimate of drug-likeness (QED) is 0.617. The SMILES string of the molecule is Cc1cc(N2CCN(C(=O)c3cnn(-c4ccc(C(F)(F)F)cn4)c3C)CC2)nc(C)n1. The van der Waals surface area contributed by atoms with Gasteiger partial charge in [-0.05, 0) is 32.9 Å². The molecule has 8 nitrogen and oxygen atoms in total. The van der Waals surface area contributed by atoms with E-state index in [2.05, 4.69) is 25.0 Å². The molecule has 1 aliphatic heterocycles. The number of amides is 1. The van der Waals surface area contributed by atoms with Crippen LogP contribution in [0, 0.1) is 20.8 Å². The molecule has 3 aromatic heterocycles. The molecular weight excluding hydrogens is 423 g/mol. The first kappa shape index (κ1) is 21.7. The third-order valence-corrected chi connectivity index (χ3v) is 5.38. The molecule has 1 fully saturated rings. The molecule has 0 aliphatic carbocycles. The molecule has 4 heterocycles. The van der Waals surface area contributed by atoms with Crippen molar-refractivity contribution in [2.75, 3.05) is 31.1 Å². The van der Waals surface area contributed by atoms with Crippen molar-refractivity contribution in [3.05, 3.63) is 58.9 Å². The fourth-order valence-corrected chi connectivity index (χ4v) is 3.70. The van der Waals surface area contributed by atoms with E-state index in [4.69, 9.17) is 0 Å². The fraction of sp³-hybridized carbons (Fsp3) is 0.381. The van der Waals surface area contributed by atoms with Gasteiger partial charge in [0.25, 0.3) is 5.91 Å². The van der Waals surface area contributed by atoms with Crippen molar-refractivity contribution in [2.45, 2.75) is 26.9 Å². The van der Waals surface area contributed by atoms with Gasteiger partial charge in [0.15, 0.2) is 5.82 Å². The van der Waals surface area contributed by atoms with Gasteiger partial charge < -0.3 is 9.80 Å². The minimum atomic E-state index is -4.46. The number of halogens is 3. The number of aromatic nitrogens is 5. The maximum Gasteiger partial charge on any atom is 0.417 e. The summed E-state index contributed by atoms with van der Waals surface area (Å²) in [5, 5.41) is 4.17. The minimum Gasteiger partial charge on any atom is -0.353 e. The van der Waals surface area contributed by atoms with Crippen LogP contribution in [0.3, 0.4) is 0 Å². The summed E-state index contributed by atoms with van der Waals surface area (Å²) >= 11 is 0. The Labute approximate surface area is 182 Å². The first-order chi connectivity index (χ1) is 15.1. The summed E-state index contributed by atoms with van der Waals surface area (Å²) in [6, 6.07) is 4.11. The number of carbonyl (C=O) groups excluding carboxylic acids is 1. The smallest absolute Gasteiger partial charge is 0.353 e. The van der Waals surface area contributed by atoms with Crippen molar-refractivity contribution in [2.24, 2.45) is 0 Å². The van der Waals surface area contributed by atoms with Gasteiger partial charge in [-0.15, -0.1) is 0 Å². The van der Waals surface area contributed by atoms with E-state index in [1.54, 1.807) is 11.8 Å². The van der Waals surface area contributed by atoms with E-state index in [0.29, 0.717) is 43.3 Å². The molecule has 0 radical (unpaired) electrons. The molecule has 1 aliphatic rings. The number of rotatable bonds is 3. The Balaban J connectivity index is 1.46. The van der Waals surface area contributed by atoms with E-state index in [-0.39, 0.29) is 11.7 Å². The summed E-state index contributed by atoms with van der Waals surface area (Å²) in [4.78, 5) is 29.6. The molecule has 0 N–H and O–H groups in total. The Morgan fingerprint density at radius 2 is 1.69 bits per heavy atom. The fourth-order valence-electron chi connectivity index (χ4n) is 3.70. The summed E-state index contributed by atoms with van der Waals surface area (Å²) in [6.45, 7) is 7.77. The lowest BCUT2D eigenvalue weighted by molar-refractivity contribution is -0.137. The molecule has 0 bridgehead atoms. The third kappa shape index (κ3) is 4.27. The predicted octanol–water partition coefficient (Wildman–Crippen LogP) is 2.96. The molecule has 3 aromatic rings. The van der Waals surface area contributed by atoms with E-state index in [9.17, 15) is 18.0 Å². The van der Waals surface area contributed by atoms with Crippen molar-refractivity contribution in [1.29, 1.82) is 0 Å². The maximum atomic E-state index is 13.1. The van der Waals surface area contributed by atoms with Gasteiger partial charge >= 0.3 is 6.18 Å². The highest BCUT2D eigenvalue weighted by Gasteiger charge is 2.31. The van der Waals surface area contributed by atoms with E-state index in [1.807, 2.05) is 19.9 Å². The highest BCUT2D eigenvalue weighted by atomic mass is 19.4. The summed E-state index contributed by atoms with van der Waals surface area (Å²) in [5.74, 6) is 1.60. The van der Waals surface area contributed by atoms with Crippen LogP contribution in [-0.2, 0) is 6.18 Å². The van der Waals surface area contributed by atoms with E-state index >= 15 is 0 Å². The van der Waals surface area contributed by atoms with Crippen molar-refractivity contribution < 1.29 is 18.0 Å². The second-order valence-corrected chi connectivity index (χ2v) is 7.65. The van der Waals surface area contributed by atoms with Crippen LogP contribution < -0.4 is 4.90 Å². The lowest BCUT2D eigenvalue weighted by Crippen LogP contribution is -2.49. The van der Waals surface area contributed by atoms with Crippen LogP contribution in [0.15, 0.2) is 30.6 Å². The highest BCUT2D eigenvalue weighted by molar-refractivity contribution is 5.95. The molecule has 11 heteroatoms. The number of anilines is 1. The zero-order valence-electron chi connectivity index (χ0n) is 17.9. The standard InChI is InChI=1S/C21H22F3N7O/c1-13-10-19(28-15(3)27-13)29-6-8-30(9-7-29)20(32)17-12-26-31(14(17)2)18-5-4-16(11-25-18)21(22,23)24/h4-5,10-12H,6-9H2,1-3H3. The number of aryl methyl sites for hydroxylation is 2. The molecule has 1 saturated heterocycles. The average Bonchev–Trinajstić information content (AvgIpc) is 3.13. The number of hydrogen-bond acceptors (Lipinski definition) is 6. The number of piperazine rings is 1. The van der Waals surface area contributed by atoms with Gasteiger partial charge in [-0.1, -0.05) is 0 Å². The van der Waals surface area contributed by atoms with E-state index in [1.165, 1.54) is 16.9 Å². The Morgan fingerprint density at radius 3 is 2.28 bits per heavy atom. The second kappa shape index (κ2) is 8.21. The molecule has 0 aromatic carbocycles. The zero-order valence-corrected chi connectivity index (χ0v) is 17.9. The van der Waals surface area contributed by atoms with Crippen LogP contribution in [0.1, 0.15) is 33.1 Å². The summed E-state index contributed by atoms with van der Waals surface area (Å²) in [5.41, 5.74) is 0.973. The predicted molar refractivity (Wildman–Crippen MR) is 111 cm³/mol. The normalized spacial score (nSPS) is 14.7. The summed E-state index contributed by atoms with van der Waals surface area (Å²) < 4.78 is 39.7. The molecule has 0 atom stereocenters. The van der Waals surface area contributed by atoms with Crippen LogP contribution in [0.2, 0.25) is 0 Å². The maximum absolute atomic E-state index is 13.1. The van der Waals surface area contributed by atoms with Crippen LogP contribution >= 0.6 is 0 Å². The number of nitrogens with zero attached hydrogens (tertiary/aromatic N) is 7. The van der Waals surface area contributed by atoms with E-state index < -0.39 is 11.7 Å². The molecule has 0 saturated carbocycles. The Bertz CT molecular complexity index is 1110. The molecule has 168 valence electrons. The van der Waals surface area contributed by atoms with Crippen molar-refractivity contribution >= 4 is 11.7 Å². The lowest BCUT2D eigenvalue weighted by Gasteiger charge is -2.35. The van der Waals surface area contributed by atoms with Crippen LogP contribution in [0.5, 0.6) is 0 Å². The van der Waals surface area contributed by atoms with E-state index in [0.717, 1.165) is 23.8 Å². The Kier molecular flexibility index (Phi) is 5.57. The van der Waals surface area contributed by atoms with Gasteiger partial charge in [-0.3, -0.25) is 4.79 Å². The van der Waals surface area contributed by atoms with Gasteiger partial charge in [-0.25, -0.2) is 19.6 Å². The van der Waals surface area contributed by atoms with Gasteiger partial charge in [0.05, 0.1) is 23.0 Å². The summed E-state index contributed by atoms with van der Waals surface area (Å²) in [6.07, 6.45) is -2.27. The van der Waals surface area contributed by atoms with Gasteiger partial charge in [0.2, 0.25) is 0 Å². The number of carbonyl (C=O) groups is 1. The van der Waals surface area contributed by atoms with Gasteiger partial charge in [0, 0.05) is 44.1 Å². The number of pyridine rings is 1. The molecular formula is C21H22F3N7O. The number of hydrogen-bond donors (Lipinski definition) is 0. The highest BCUT2D eigenvalue weighted by Crippen LogP contribution is 2.29. The first-order valence-electron chi connectivity index (χ1n) is 10.1. The minimum absolute atomic E-state index is 0.171. The van der Waals surface area contributed by atoms with Crippen molar-refractivity contribution in [1.82, 2.24) is 29.6 Å². The van der Waals surface area contributed by atoms with Gasteiger partial charge in [-0.2, -0.15) is 18.3 Å². The monoisotopic (exact) mass is 445 g/mol. The second-order valence-electron chi connectivity index (χ2n) is 7.65. The molecule has 1 amide bonds.